The van der Waals surface area contributed by atoms with Gasteiger partial charge in [0.05, 0.1) is 35.4 Å². The van der Waals surface area contributed by atoms with Crippen LogP contribution in [0.15, 0.2) is 48.8 Å². The molecule has 0 saturated carbocycles. The molecule has 1 atom stereocenters. The largest absolute Gasteiger partial charge is 0.416 e. The van der Waals surface area contributed by atoms with Crippen molar-refractivity contribution in [1.29, 1.82) is 0 Å². The molecule has 160 valence electrons. The predicted molar refractivity (Wildman–Crippen MR) is 97.5 cm³/mol. The monoisotopic (exact) mass is 429 g/mol. The summed E-state index contributed by atoms with van der Waals surface area (Å²) < 4.78 is 76.7. The van der Waals surface area contributed by atoms with Gasteiger partial charge in [-0.15, -0.1) is 0 Å². The van der Waals surface area contributed by atoms with Crippen molar-refractivity contribution in [1.82, 2.24) is 14.9 Å². The Balaban J connectivity index is 1.65. The quantitative estimate of drug-likeness (QED) is 0.578. The van der Waals surface area contributed by atoms with Crippen molar-refractivity contribution in [3.05, 3.63) is 65.6 Å². The molecule has 0 aliphatic carbocycles. The molecule has 30 heavy (non-hydrogen) atoms. The summed E-state index contributed by atoms with van der Waals surface area (Å²) >= 11 is 0. The van der Waals surface area contributed by atoms with Crippen LogP contribution in [0.2, 0.25) is 0 Å². The first kappa shape index (κ1) is 21.7. The summed E-state index contributed by atoms with van der Waals surface area (Å²) in [5.41, 5.74) is 0.391. The smallest absolute Gasteiger partial charge is 0.348 e. The molecule has 1 N–H and O–H groups in total. The van der Waals surface area contributed by atoms with Crippen LogP contribution in [0.5, 0.6) is 0 Å². The minimum absolute atomic E-state index is 0.118. The van der Waals surface area contributed by atoms with Gasteiger partial charge in [0.25, 0.3) is 0 Å². The number of nitrogens with one attached hydrogen (secondary N) is 1. The highest BCUT2D eigenvalue weighted by Crippen LogP contribution is 2.29. The molecule has 1 amide bonds. The number of rotatable bonds is 5. The van der Waals surface area contributed by atoms with Crippen LogP contribution in [0.25, 0.3) is 10.9 Å². The van der Waals surface area contributed by atoms with Crippen molar-refractivity contribution in [2.75, 3.05) is 0 Å². The summed E-state index contributed by atoms with van der Waals surface area (Å²) in [5.74, 6) is -0.418. The Hall–Kier alpha value is -3.04. The Labute approximate surface area is 167 Å². The van der Waals surface area contributed by atoms with E-state index in [4.69, 9.17) is 0 Å². The minimum atomic E-state index is -4.45. The summed E-state index contributed by atoms with van der Waals surface area (Å²) in [6.45, 7) is 0.530. The van der Waals surface area contributed by atoms with Gasteiger partial charge in [-0.1, -0.05) is 12.1 Å². The van der Waals surface area contributed by atoms with Crippen LogP contribution >= 0.6 is 0 Å². The second kappa shape index (κ2) is 8.00. The lowest BCUT2D eigenvalue weighted by atomic mass is 10.1. The Bertz CT molecular complexity index is 1040. The second-order valence-electron chi connectivity index (χ2n) is 6.89. The maximum absolute atomic E-state index is 12.6. The van der Waals surface area contributed by atoms with E-state index in [-0.39, 0.29) is 6.42 Å². The highest BCUT2D eigenvalue weighted by Gasteiger charge is 2.30. The van der Waals surface area contributed by atoms with E-state index < -0.39 is 36.4 Å². The first-order chi connectivity index (χ1) is 13.9. The lowest BCUT2D eigenvalue weighted by molar-refractivity contribution is -0.140. The Morgan fingerprint density at radius 1 is 1.10 bits per heavy atom. The van der Waals surface area contributed by atoms with Gasteiger partial charge >= 0.3 is 12.4 Å². The molecular formula is C20H17F6N3O. The summed E-state index contributed by atoms with van der Waals surface area (Å²) in [6, 6.07) is 6.87. The van der Waals surface area contributed by atoms with E-state index in [1.807, 2.05) is 0 Å². The van der Waals surface area contributed by atoms with Gasteiger partial charge < -0.3 is 9.88 Å². The molecule has 0 aliphatic rings. The van der Waals surface area contributed by atoms with Crippen LogP contribution < -0.4 is 5.32 Å². The Morgan fingerprint density at radius 3 is 2.37 bits per heavy atom. The number of nitrogens with zero attached hydrogens (tertiary/aromatic N) is 2. The number of fused-ring (bicyclic) bond motifs is 1. The topological polar surface area (TPSA) is 46.9 Å². The average molecular weight is 429 g/mol. The molecule has 3 aromatic rings. The van der Waals surface area contributed by atoms with Gasteiger partial charge in [-0.2, -0.15) is 26.3 Å². The number of alkyl halides is 6. The van der Waals surface area contributed by atoms with Gasteiger partial charge in [0.15, 0.2) is 0 Å². The maximum atomic E-state index is 12.6. The maximum Gasteiger partial charge on any atom is 0.416 e. The standard InChI is InChI=1S/C20H17F6N3O/c1-12(28-18(30)8-13-2-4-15(5-3-13)20(24,25)26)16-9-14-6-7-29(11-19(21,22)23)17(14)10-27-16/h2-7,9-10,12H,8,11H2,1H3,(H,28,30). The van der Waals surface area contributed by atoms with E-state index in [9.17, 15) is 31.1 Å². The number of carbonyl (C=O) groups excluding carboxylic acids is 1. The zero-order valence-corrected chi connectivity index (χ0v) is 15.7. The molecule has 1 aromatic carbocycles. The van der Waals surface area contributed by atoms with Crippen LogP contribution in [-0.4, -0.2) is 21.6 Å². The Morgan fingerprint density at radius 2 is 1.77 bits per heavy atom. The van der Waals surface area contributed by atoms with Gasteiger partial charge in [-0.05, 0) is 36.8 Å². The van der Waals surface area contributed by atoms with Gasteiger partial charge in [-0.25, -0.2) is 0 Å². The number of hydrogen-bond acceptors (Lipinski definition) is 2. The number of aromatic nitrogens is 2. The number of pyridine rings is 1. The van der Waals surface area contributed by atoms with Crippen molar-refractivity contribution >= 4 is 16.8 Å². The van der Waals surface area contributed by atoms with Crippen molar-refractivity contribution in [3.63, 3.8) is 0 Å². The third-order valence-corrected chi connectivity index (χ3v) is 4.50. The van der Waals surface area contributed by atoms with Crippen LogP contribution in [0, 0.1) is 0 Å². The fourth-order valence-corrected chi connectivity index (χ4v) is 3.04. The molecule has 2 aromatic heterocycles. The van der Waals surface area contributed by atoms with E-state index in [0.29, 0.717) is 22.2 Å². The zero-order chi connectivity index (χ0) is 22.1. The molecule has 10 heteroatoms. The molecule has 0 fully saturated rings. The van der Waals surface area contributed by atoms with E-state index in [1.54, 1.807) is 13.0 Å². The van der Waals surface area contributed by atoms with Crippen LogP contribution in [-0.2, 0) is 23.9 Å². The number of amides is 1. The number of benzene rings is 1. The summed E-state index contributed by atoms with van der Waals surface area (Å²) in [4.78, 5) is 16.4. The van der Waals surface area contributed by atoms with Gasteiger partial charge in [0, 0.05) is 11.6 Å². The first-order valence-corrected chi connectivity index (χ1v) is 8.89. The third kappa shape index (κ3) is 5.31. The fraction of sp³-hybridized carbons (Fsp3) is 0.300. The van der Waals surface area contributed by atoms with Crippen molar-refractivity contribution in [2.45, 2.75) is 38.3 Å². The van der Waals surface area contributed by atoms with Gasteiger partial charge in [0.1, 0.15) is 6.54 Å². The third-order valence-electron chi connectivity index (χ3n) is 4.50. The summed E-state index contributed by atoms with van der Waals surface area (Å²) in [6.07, 6.45) is -6.29. The summed E-state index contributed by atoms with van der Waals surface area (Å²) in [7, 11) is 0. The highest BCUT2D eigenvalue weighted by atomic mass is 19.4. The van der Waals surface area contributed by atoms with Crippen molar-refractivity contribution < 1.29 is 31.1 Å². The van der Waals surface area contributed by atoms with E-state index in [1.165, 1.54) is 30.6 Å². The Kier molecular flexibility index (Phi) is 5.78. The van der Waals surface area contributed by atoms with Crippen LogP contribution in [0.1, 0.15) is 29.8 Å². The van der Waals surface area contributed by atoms with Crippen LogP contribution in [0.4, 0.5) is 26.3 Å². The van der Waals surface area contributed by atoms with E-state index in [2.05, 4.69) is 10.3 Å². The normalized spacial score (nSPS) is 13.4. The van der Waals surface area contributed by atoms with Crippen molar-refractivity contribution in [2.24, 2.45) is 0 Å². The molecule has 0 bridgehead atoms. The van der Waals surface area contributed by atoms with Crippen molar-refractivity contribution in [3.8, 4) is 0 Å². The number of halogens is 6. The fourth-order valence-electron chi connectivity index (χ4n) is 3.04. The lowest BCUT2D eigenvalue weighted by Crippen LogP contribution is -2.28. The predicted octanol–water partition coefficient (Wildman–Crippen LogP) is 5.04. The molecule has 1 unspecified atom stereocenters. The molecule has 0 spiro atoms. The molecule has 0 radical (unpaired) electrons. The molecule has 2 heterocycles. The molecule has 0 saturated heterocycles. The lowest BCUT2D eigenvalue weighted by Gasteiger charge is -2.14. The number of hydrogen-bond donors (Lipinski definition) is 1. The average Bonchev–Trinajstić information content (AvgIpc) is 3.01. The van der Waals surface area contributed by atoms with Gasteiger partial charge in [0.2, 0.25) is 5.91 Å². The second-order valence-corrected chi connectivity index (χ2v) is 6.89. The van der Waals surface area contributed by atoms with Crippen LogP contribution in [0.3, 0.4) is 0 Å². The SMILES string of the molecule is CC(NC(=O)Cc1ccc(C(F)(F)F)cc1)c1cc2ccn(CC(F)(F)F)c2cn1. The molecular weight excluding hydrogens is 412 g/mol. The number of carbonyl (C=O) groups is 1. The van der Waals surface area contributed by atoms with E-state index >= 15 is 0 Å². The zero-order valence-electron chi connectivity index (χ0n) is 15.7. The highest BCUT2D eigenvalue weighted by molar-refractivity contribution is 5.81. The molecule has 4 nitrogen and oxygen atoms in total. The minimum Gasteiger partial charge on any atom is -0.348 e. The molecule has 3 rings (SSSR count). The summed E-state index contributed by atoms with van der Waals surface area (Å²) in [5, 5.41) is 3.24. The van der Waals surface area contributed by atoms with Gasteiger partial charge in [-0.3, -0.25) is 9.78 Å². The molecule has 0 aliphatic heterocycles. The first-order valence-electron chi connectivity index (χ1n) is 8.89. The van der Waals surface area contributed by atoms with E-state index in [0.717, 1.165) is 16.7 Å².